The summed E-state index contributed by atoms with van der Waals surface area (Å²) >= 11 is 0. The highest BCUT2D eigenvalue weighted by molar-refractivity contribution is 7.97. The zero-order valence-corrected chi connectivity index (χ0v) is 17.3. The number of carbonyl (C=O) groups excluding carboxylic acids is 1. The van der Waals surface area contributed by atoms with Crippen molar-refractivity contribution < 1.29 is 22.0 Å². The molecule has 31 heavy (non-hydrogen) atoms. The minimum absolute atomic E-state index is 0.100. The molecule has 0 saturated heterocycles. The van der Waals surface area contributed by atoms with Gasteiger partial charge < -0.3 is 5.32 Å². The molecule has 0 atom stereocenters. The van der Waals surface area contributed by atoms with Crippen LogP contribution >= 0.6 is 0 Å². The highest BCUT2D eigenvalue weighted by Crippen LogP contribution is 2.42. The maximum Gasteiger partial charge on any atom is 0.270 e. The molecule has 3 aromatic rings. The van der Waals surface area contributed by atoms with Crippen molar-refractivity contribution in [1.82, 2.24) is 0 Å². The fourth-order valence-electron chi connectivity index (χ4n) is 3.63. The summed E-state index contributed by atoms with van der Waals surface area (Å²) in [6.45, 7) is 1.76. The maximum absolute atomic E-state index is 14.1. The van der Waals surface area contributed by atoms with Crippen molar-refractivity contribution in [2.45, 2.75) is 6.92 Å². The molecule has 0 saturated carbocycles. The van der Waals surface area contributed by atoms with Gasteiger partial charge in [0.1, 0.15) is 11.6 Å². The molecule has 3 aromatic carbocycles. The Bertz CT molecular complexity index is 1310. The summed E-state index contributed by atoms with van der Waals surface area (Å²) in [4.78, 5) is 12.7. The molecule has 0 radical (unpaired) electrons. The second kappa shape index (κ2) is 7.96. The Morgan fingerprint density at radius 3 is 2.32 bits per heavy atom. The molecule has 0 aliphatic carbocycles. The second-order valence-corrected chi connectivity index (χ2v) is 8.63. The number of anilines is 2. The van der Waals surface area contributed by atoms with E-state index < -0.39 is 32.5 Å². The van der Waals surface area contributed by atoms with Gasteiger partial charge in [-0.05, 0) is 30.7 Å². The lowest BCUT2D eigenvalue weighted by Crippen LogP contribution is -2.39. The van der Waals surface area contributed by atoms with Gasteiger partial charge in [0.25, 0.3) is 15.9 Å². The fourth-order valence-corrected chi connectivity index (χ4v) is 5.38. The van der Waals surface area contributed by atoms with E-state index in [0.29, 0.717) is 22.9 Å². The van der Waals surface area contributed by atoms with E-state index in [1.165, 1.54) is 0 Å². The first-order valence-corrected chi connectivity index (χ1v) is 11.0. The van der Waals surface area contributed by atoms with E-state index in [-0.39, 0.29) is 17.8 Å². The molecule has 0 fully saturated rings. The number of nitrogens with zero attached hydrogens (tertiary/aromatic N) is 1. The molecule has 8 heteroatoms. The zero-order chi connectivity index (χ0) is 22.2. The van der Waals surface area contributed by atoms with Crippen LogP contribution < -0.4 is 9.62 Å². The van der Waals surface area contributed by atoms with Gasteiger partial charge in [0, 0.05) is 23.7 Å². The van der Waals surface area contributed by atoms with Crippen LogP contribution in [0.2, 0.25) is 0 Å². The van der Waals surface area contributed by atoms with Crippen LogP contribution in [0.1, 0.15) is 18.1 Å². The molecule has 1 amide bonds. The predicted octanol–water partition coefficient (Wildman–Crippen LogP) is 4.53. The van der Waals surface area contributed by atoms with Gasteiger partial charge in [-0.1, -0.05) is 48.5 Å². The van der Waals surface area contributed by atoms with E-state index in [1.54, 1.807) is 61.5 Å². The number of carbonyl (C=O) groups is 1. The lowest BCUT2D eigenvalue weighted by Gasteiger charge is -2.32. The zero-order valence-electron chi connectivity index (χ0n) is 16.5. The number of para-hydroxylation sites is 1. The van der Waals surface area contributed by atoms with E-state index in [1.807, 2.05) is 0 Å². The fraction of sp³-hybridized carbons (Fsp3) is 0.0870. The molecule has 158 valence electrons. The minimum Gasteiger partial charge on any atom is -0.319 e. The Morgan fingerprint density at radius 1 is 0.968 bits per heavy atom. The van der Waals surface area contributed by atoms with Gasteiger partial charge in [0.2, 0.25) is 0 Å². The summed E-state index contributed by atoms with van der Waals surface area (Å²) in [5, 5.41) is 2.29. The van der Waals surface area contributed by atoms with Crippen molar-refractivity contribution in [2.24, 2.45) is 0 Å². The van der Waals surface area contributed by atoms with Gasteiger partial charge in [-0.15, -0.1) is 0 Å². The largest absolute Gasteiger partial charge is 0.319 e. The summed E-state index contributed by atoms with van der Waals surface area (Å²) in [5.41, 5.74) is 1.45. The molecule has 1 heterocycles. The molecular weight excluding hydrogens is 422 g/mol. The Hall–Kier alpha value is -3.52. The average Bonchev–Trinajstić information content (AvgIpc) is 2.75. The predicted molar refractivity (Wildman–Crippen MR) is 116 cm³/mol. The molecule has 1 aliphatic heterocycles. The van der Waals surface area contributed by atoms with Gasteiger partial charge in [0.05, 0.1) is 11.4 Å². The van der Waals surface area contributed by atoms with Crippen molar-refractivity contribution in [3.05, 3.63) is 100 Å². The number of hydrogen-bond acceptors (Lipinski definition) is 3. The third-order valence-electron chi connectivity index (χ3n) is 4.95. The van der Waals surface area contributed by atoms with Crippen LogP contribution in [0.15, 0.2) is 77.7 Å². The molecule has 1 N–H and O–H groups in total. The number of benzene rings is 3. The normalized spacial score (nSPS) is 14.9. The van der Waals surface area contributed by atoms with Crippen LogP contribution in [0, 0.1) is 11.6 Å². The average molecular weight is 440 g/mol. The number of sulfonamides is 1. The summed E-state index contributed by atoms with van der Waals surface area (Å²) in [7, 11) is -4.26. The van der Waals surface area contributed by atoms with E-state index in [4.69, 9.17) is 0 Å². The molecule has 0 spiro atoms. The maximum atomic E-state index is 14.1. The van der Waals surface area contributed by atoms with Gasteiger partial charge in [-0.3, -0.25) is 9.10 Å². The second-order valence-electron chi connectivity index (χ2n) is 6.84. The first kappa shape index (κ1) is 20.7. The molecule has 1 aliphatic rings. The van der Waals surface area contributed by atoms with Crippen LogP contribution in [0.3, 0.4) is 0 Å². The lowest BCUT2D eigenvalue weighted by atomic mass is 9.95. The Labute approximate surface area is 178 Å². The van der Waals surface area contributed by atoms with E-state index in [0.717, 1.165) is 16.4 Å². The van der Waals surface area contributed by atoms with Crippen molar-refractivity contribution in [1.29, 1.82) is 0 Å². The molecule has 0 unspecified atom stereocenters. The Balaban J connectivity index is 1.97. The number of hydrogen-bond donors (Lipinski definition) is 1. The minimum atomic E-state index is -4.26. The number of halogens is 2. The summed E-state index contributed by atoms with van der Waals surface area (Å²) in [6, 6.07) is 18.2. The van der Waals surface area contributed by atoms with Crippen LogP contribution in [0.5, 0.6) is 0 Å². The van der Waals surface area contributed by atoms with E-state index in [9.17, 15) is 22.0 Å². The molecule has 0 aromatic heterocycles. The first-order chi connectivity index (χ1) is 14.8. The SMILES string of the molecule is CCN1c2ccccc2C(c2ccccc2)=C(C(=O)Nc2ccc(F)cc2F)S1(=O)=O. The van der Waals surface area contributed by atoms with Crippen molar-refractivity contribution in [2.75, 3.05) is 16.2 Å². The van der Waals surface area contributed by atoms with Crippen LogP contribution in [0.25, 0.3) is 5.57 Å². The number of nitrogens with one attached hydrogen (secondary N) is 1. The Kier molecular flexibility index (Phi) is 5.32. The number of fused-ring (bicyclic) bond motifs is 1. The van der Waals surface area contributed by atoms with Gasteiger partial charge >= 0.3 is 0 Å². The first-order valence-electron chi connectivity index (χ1n) is 9.53. The van der Waals surface area contributed by atoms with Gasteiger partial charge in [-0.2, -0.15) is 0 Å². The molecule has 5 nitrogen and oxygen atoms in total. The third kappa shape index (κ3) is 3.59. The number of amides is 1. The molecule has 4 rings (SSSR count). The van der Waals surface area contributed by atoms with Crippen molar-refractivity contribution in [3.8, 4) is 0 Å². The summed E-state index contributed by atoms with van der Waals surface area (Å²) in [5.74, 6) is -2.82. The van der Waals surface area contributed by atoms with Crippen molar-refractivity contribution in [3.63, 3.8) is 0 Å². The van der Waals surface area contributed by atoms with E-state index in [2.05, 4.69) is 5.32 Å². The molecule has 0 bridgehead atoms. The Morgan fingerprint density at radius 2 is 1.65 bits per heavy atom. The molecular formula is C23H18F2N2O3S. The quantitative estimate of drug-likeness (QED) is 0.648. The van der Waals surface area contributed by atoms with Gasteiger partial charge in [-0.25, -0.2) is 17.2 Å². The smallest absolute Gasteiger partial charge is 0.270 e. The summed E-state index contributed by atoms with van der Waals surface area (Å²) < 4.78 is 55.6. The topological polar surface area (TPSA) is 66.5 Å². The monoisotopic (exact) mass is 440 g/mol. The van der Waals surface area contributed by atoms with Crippen LogP contribution in [-0.4, -0.2) is 20.9 Å². The standard InChI is InChI=1S/C23H18F2N2O3S/c1-2-27-20-11-7-6-10-17(20)21(15-8-4-3-5-9-15)22(31(27,29)30)23(28)26-19-13-12-16(24)14-18(19)25/h3-14H,2H2,1H3,(H,26,28). The van der Waals surface area contributed by atoms with Crippen molar-refractivity contribution >= 4 is 32.9 Å². The van der Waals surface area contributed by atoms with Gasteiger partial charge in [0.15, 0.2) is 4.91 Å². The van der Waals surface area contributed by atoms with Crippen LogP contribution in [-0.2, 0) is 14.8 Å². The lowest BCUT2D eigenvalue weighted by molar-refractivity contribution is -0.112. The van der Waals surface area contributed by atoms with E-state index >= 15 is 0 Å². The van der Waals surface area contributed by atoms with Crippen LogP contribution in [0.4, 0.5) is 20.2 Å². The summed E-state index contributed by atoms with van der Waals surface area (Å²) in [6.07, 6.45) is 0. The third-order valence-corrected chi connectivity index (χ3v) is 6.89. The highest BCUT2D eigenvalue weighted by Gasteiger charge is 2.40. The number of rotatable bonds is 4. The highest BCUT2D eigenvalue weighted by atomic mass is 32.2.